The van der Waals surface area contributed by atoms with E-state index in [2.05, 4.69) is 5.32 Å². The number of β-lactam (4-membered cyclic amide) rings is 1. The van der Waals surface area contributed by atoms with E-state index in [1.54, 1.807) is 4.90 Å². The van der Waals surface area contributed by atoms with Crippen molar-refractivity contribution in [2.45, 2.75) is 58.1 Å². The lowest BCUT2D eigenvalue weighted by molar-refractivity contribution is -0.153. The highest BCUT2D eigenvalue weighted by Crippen LogP contribution is 2.28. The largest absolute Gasteiger partial charge is 0.480 e. The molecule has 0 spiro atoms. The van der Waals surface area contributed by atoms with Gasteiger partial charge in [-0.2, -0.15) is 0 Å². The van der Waals surface area contributed by atoms with Crippen LogP contribution in [0.1, 0.15) is 46.5 Å². The zero-order valence-electron chi connectivity index (χ0n) is 14.0. The molecule has 0 radical (unpaired) electrons. The zero-order valence-corrected chi connectivity index (χ0v) is 14.0. The molecule has 2 amide bonds. The Labute approximate surface area is 136 Å². The van der Waals surface area contributed by atoms with Gasteiger partial charge in [-0.25, -0.2) is 9.59 Å². The Kier molecular flexibility index (Phi) is 5.16. The number of nitrogens with zero attached hydrogens (tertiary/aromatic N) is 1. The molecule has 0 aromatic heterocycles. The molecule has 0 bridgehead atoms. The summed E-state index contributed by atoms with van der Waals surface area (Å²) in [6.07, 6.45) is 2.90. The van der Waals surface area contributed by atoms with E-state index in [4.69, 9.17) is 9.84 Å². The molecule has 2 fully saturated rings. The van der Waals surface area contributed by atoms with Crippen LogP contribution in [-0.4, -0.2) is 52.7 Å². The average Bonchev–Trinajstić information content (AvgIpc) is 2.43. The number of amides is 2. The Hall–Kier alpha value is -1.79. The summed E-state index contributed by atoms with van der Waals surface area (Å²) in [7, 11) is 0. The summed E-state index contributed by atoms with van der Waals surface area (Å²) in [5.74, 6) is -1.31. The van der Waals surface area contributed by atoms with Gasteiger partial charge in [0.25, 0.3) is 0 Å². The van der Waals surface area contributed by atoms with E-state index in [1.165, 1.54) is 0 Å². The number of carbonyl (C=O) groups excluding carboxylic acids is 2. The van der Waals surface area contributed by atoms with E-state index in [9.17, 15) is 14.4 Å². The van der Waals surface area contributed by atoms with Crippen molar-refractivity contribution in [1.29, 1.82) is 0 Å². The van der Waals surface area contributed by atoms with Crippen LogP contribution in [0.3, 0.4) is 0 Å². The number of nitrogens with one attached hydrogen (secondary N) is 1. The van der Waals surface area contributed by atoms with Crippen LogP contribution in [0.2, 0.25) is 0 Å². The molecular weight excluding hydrogens is 300 g/mol. The number of rotatable bonds is 4. The fraction of sp³-hybridized carbons (Fsp3) is 0.812. The predicted octanol–water partition coefficient (Wildman–Crippen LogP) is 1.61. The number of piperidine rings is 1. The lowest BCUT2D eigenvalue weighted by atomic mass is 9.82. The lowest BCUT2D eigenvalue weighted by Gasteiger charge is -2.37. The molecule has 0 aromatic carbocycles. The van der Waals surface area contributed by atoms with E-state index in [0.717, 1.165) is 19.3 Å². The van der Waals surface area contributed by atoms with E-state index in [-0.39, 0.29) is 12.0 Å². The Morgan fingerprint density at radius 3 is 2.61 bits per heavy atom. The number of hydrogen-bond acceptors (Lipinski definition) is 4. The minimum absolute atomic E-state index is 0.183. The van der Waals surface area contributed by atoms with Crippen molar-refractivity contribution in [1.82, 2.24) is 10.2 Å². The second-order valence-corrected chi connectivity index (χ2v) is 7.44. The number of ether oxygens (including phenoxy) is 1. The van der Waals surface area contributed by atoms with Crippen molar-refractivity contribution in [3.05, 3.63) is 0 Å². The first-order valence-corrected chi connectivity index (χ1v) is 8.18. The molecule has 0 aliphatic carbocycles. The molecule has 2 heterocycles. The molecule has 0 saturated carbocycles. The molecule has 23 heavy (non-hydrogen) atoms. The molecule has 2 N–H and O–H groups in total. The van der Waals surface area contributed by atoms with Crippen LogP contribution in [0.15, 0.2) is 0 Å². The molecule has 2 aliphatic heterocycles. The maximum absolute atomic E-state index is 12.1. The molecule has 0 aromatic rings. The summed E-state index contributed by atoms with van der Waals surface area (Å²) >= 11 is 0. The Morgan fingerprint density at radius 2 is 2.04 bits per heavy atom. The van der Waals surface area contributed by atoms with Crippen molar-refractivity contribution >= 4 is 18.0 Å². The maximum atomic E-state index is 12.1. The third kappa shape index (κ3) is 4.59. The van der Waals surface area contributed by atoms with Gasteiger partial charge >= 0.3 is 12.1 Å². The molecule has 2 saturated heterocycles. The van der Waals surface area contributed by atoms with Gasteiger partial charge in [0.05, 0.1) is 5.92 Å². The highest BCUT2D eigenvalue weighted by molar-refractivity contribution is 5.96. The first-order chi connectivity index (χ1) is 10.7. The highest BCUT2D eigenvalue weighted by Gasteiger charge is 2.44. The fourth-order valence-electron chi connectivity index (χ4n) is 3.16. The van der Waals surface area contributed by atoms with Gasteiger partial charge in [0.2, 0.25) is 5.91 Å². The molecule has 130 valence electrons. The molecule has 3 atom stereocenters. The van der Waals surface area contributed by atoms with Crippen LogP contribution < -0.4 is 5.32 Å². The second-order valence-electron chi connectivity index (χ2n) is 7.44. The summed E-state index contributed by atoms with van der Waals surface area (Å²) < 4.78 is 5.39. The van der Waals surface area contributed by atoms with E-state index >= 15 is 0 Å². The Bertz CT molecular complexity index is 485. The van der Waals surface area contributed by atoms with Gasteiger partial charge in [-0.1, -0.05) is 0 Å². The third-order valence-corrected chi connectivity index (χ3v) is 4.36. The number of carbonyl (C=O) groups is 3. The number of aliphatic carboxylic acids is 1. The molecule has 7 heteroatoms. The summed E-state index contributed by atoms with van der Waals surface area (Å²) in [4.78, 5) is 36.3. The third-order valence-electron chi connectivity index (χ3n) is 4.36. The number of likely N-dealkylation sites (tertiary alicyclic amines) is 1. The van der Waals surface area contributed by atoms with Gasteiger partial charge in [-0.15, -0.1) is 0 Å². The van der Waals surface area contributed by atoms with Gasteiger partial charge in [0.15, 0.2) is 0 Å². The minimum Gasteiger partial charge on any atom is -0.480 e. The van der Waals surface area contributed by atoms with Gasteiger partial charge < -0.3 is 20.1 Å². The molecule has 7 nitrogen and oxygen atoms in total. The predicted molar refractivity (Wildman–Crippen MR) is 82.8 cm³/mol. The smallest absolute Gasteiger partial charge is 0.410 e. The van der Waals surface area contributed by atoms with Crippen LogP contribution >= 0.6 is 0 Å². The molecule has 2 rings (SSSR count). The molecule has 2 aliphatic rings. The topological polar surface area (TPSA) is 95.9 Å². The first-order valence-electron chi connectivity index (χ1n) is 8.18. The monoisotopic (exact) mass is 326 g/mol. The summed E-state index contributed by atoms with van der Waals surface area (Å²) in [5.41, 5.74) is -0.511. The molecule has 2 unspecified atom stereocenters. The van der Waals surface area contributed by atoms with Crippen molar-refractivity contribution in [2.75, 3.05) is 13.1 Å². The van der Waals surface area contributed by atoms with Crippen LogP contribution in [-0.2, 0) is 14.3 Å². The molecular formula is C16H26N2O5. The summed E-state index contributed by atoms with van der Waals surface area (Å²) in [6, 6.07) is -0.756. The highest BCUT2D eigenvalue weighted by atomic mass is 16.6. The van der Waals surface area contributed by atoms with Crippen LogP contribution in [0.25, 0.3) is 0 Å². The first kappa shape index (κ1) is 17.6. The number of carboxylic acid groups (broad SMARTS) is 1. The Morgan fingerprint density at radius 1 is 1.35 bits per heavy atom. The van der Waals surface area contributed by atoms with Crippen LogP contribution in [0, 0.1) is 11.8 Å². The van der Waals surface area contributed by atoms with E-state index in [1.807, 2.05) is 20.8 Å². The van der Waals surface area contributed by atoms with Crippen molar-refractivity contribution in [3.8, 4) is 0 Å². The SMILES string of the molecule is CC(C)(C)OC(=O)N1CCCC(CC[C@H]2C(=O)NC2C(=O)O)C1. The summed E-state index contributed by atoms with van der Waals surface area (Å²) in [6.45, 7) is 6.82. The van der Waals surface area contributed by atoms with Gasteiger partial charge in [-0.05, 0) is 52.4 Å². The van der Waals surface area contributed by atoms with Crippen LogP contribution in [0.5, 0.6) is 0 Å². The van der Waals surface area contributed by atoms with Crippen LogP contribution in [0.4, 0.5) is 4.79 Å². The lowest BCUT2D eigenvalue weighted by Crippen LogP contribution is -2.61. The van der Waals surface area contributed by atoms with E-state index < -0.39 is 23.5 Å². The number of carboxylic acids is 1. The van der Waals surface area contributed by atoms with E-state index in [0.29, 0.717) is 25.4 Å². The van der Waals surface area contributed by atoms with Crippen molar-refractivity contribution in [3.63, 3.8) is 0 Å². The van der Waals surface area contributed by atoms with Crippen molar-refractivity contribution < 1.29 is 24.2 Å². The van der Waals surface area contributed by atoms with Gasteiger partial charge in [0.1, 0.15) is 11.6 Å². The fourth-order valence-corrected chi connectivity index (χ4v) is 3.16. The summed E-state index contributed by atoms with van der Waals surface area (Å²) in [5, 5.41) is 11.4. The van der Waals surface area contributed by atoms with Gasteiger partial charge in [0, 0.05) is 13.1 Å². The normalized spacial score (nSPS) is 27.9. The maximum Gasteiger partial charge on any atom is 0.410 e. The quantitative estimate of drug-likeness (QED) is 0.765. The second kappa shape index (κ2) is 6.76. The number of hydrogen-bond donors (Lipinski definition) is 2. The zero-order chi connectivity index (χ0) is 17.2. The minimum atomic E-state index is -0.978. The standard InChI is InChI=1S/C16H26N2O5/c1-16(2,3)23-15(22)18-8-4-5-10(9-18)6-7-11-12(14(20)21)17-13(11)19/h10-12H,4-9H2,1-3H3,(H,17,19)(H,20,21)/t10?,11-,12?/m1/s1. The van der Waals surface area contributed by atoms with Gasteiger partial charge in [-0.3, -0.25) is 4.79 Å². The Balaban J connectivity index is 1.81. The average molecular weight is 326 g/mol. The van der Waals surface area contributed by atoms with Crippen molar-refractivity contribution in [2.24, 2.45) is 11.8 Å².